The van der Waals surface area contributed by atoms with Gasteiger partial charge in [0.05, 0.1) is 24.9 Å². The quantitative estimate of drug-likeness (QED) is 0.658. The first kappa shape index (κ1) is 19.6. The molecule has 0 aliphatic carbocycles. The summed E-state index contributed by atoms with van der Waals surface area (Å²) in [6.45, 7) is 1.37. The zero-order valence-corrected chi connectivity index (χ0v) is 14.9. The zero-order chi connectivity index (χ0) is 19.1. The summed E-state index contributed by atoms with van der Waals surface area (Å²) in [7, 11) is 0. The SMILES string of the molecule is CC(=O)NC(CC(=O)NC(CC(=O)O)c1ccc(F)cc1)c1cccs1. The highest BCUT2D eigenvalue weighted by molar-refractivity contribution is 7.10. The van der Waals surface area contributed by atoms with E-state index in [2.05, 4.69) is 10.6 Å². The van der Waals surface area contributed by atoms with Gasteiger partial charge < -0.3 is 15.7 Å². The van der Waals surface area contributed by atoms with E-state index in [1.165, 1.54) is 42.5 Å². The molecule has 0 saturated carbocycles. The summed E-state index contributed by atoms with van der Waals surface area (Å²) < 4.78 is 13.1. The number of hydrogen-bond acceptors (Lipinski definition) is 4. The average Bonchev–Trinajstić information content (AvgIpc) is 3.08. The van der Waals surface area contributed by atoms with Crippen molar-refractivity contribution in [1.82, 2.24) is 10.6 Å². The Morgan fingerprint density at radius 3 is 2.31 bits per heavy atom. The van der Waals surface area contributed by atoms with E-state index in [-0.39, 0.29) is 18.7 Å². The normalized spacial score (nSPS) is 12.8. The second-order valence-electron chi connectivity index (χ2n) is 5.74. The third-order valence-corrected chi connectivity index (χ3v) is 4.63. The Morgan fingerprint density at radius 2 is 1.77 bits per heavy atom. The van der Waals surface area contributed by atoms with Crippen molar-refractivity contribution < 1.29 is 23.9 Å². The molecule has 2 aromatic rings. The van der Waals surface area contributed by atoms with Crippen molar-refractivity contribution >= 4 is 29.1 Å². The molecule has 8 heteroatoms. The molecule has 1 aromatic carbocycles. The lowest BCUT2D eigenvalue weighted by molar-refractivity contribution is -0.137. The summed E-state index contributed by atoms with van der Waals surface area (Å²) in [5, 5.41) is 16.3. The highest BCUT2D eigenvalue weighted by Gasteiger charge is 2.22. The van der Waals surface area contributed by atoms with Gasteiger partial charge in [0.2, 0.25) is 11.8 Å². The standard InChI is InChI=1S/C18H19FN2O4S/c1-11(22)20-15(16-3-2-8-26-16)9-17(23)21-14(10-18(24)25)12-4-6-13(19)7-5-12/h2-8,14-15H,9-10H2,1H3,(H,20,22)(H,21,23)(H,24,25). The third-order valence-electron chi connectivity index (χ3n) is 3.64. The molecule has 0 aliphatic rings. The van der Waals surface area contributed by atoms with E-state index < -0.39 is 29.8 Å². The maximum Gasteiger partial charge on any atom is 0.305 e. The summed E-state index contributed by atoms with van der Waals surface area (Å²) in [6.07, 6.45) is -0.363. The molecule has 26 heavy (non-hydrogen) atoms. The van der Waals surface area contributed by atoms with Crippen LogP contribution in [0.25, 0.3) is 0 Å². The van der Waals surface area contributed by atoms with Crippen molar-refractivity contribution in [3.63, 3.8) is 0 Å². The number of hydrogen-bond donors (Lipinski definition) is 3. The predicted molar refractivity (Wildman–Crippen MR) is 95.0 cm³/mol. The Hall–Kier alpha value is -2.74. The van der Waals surface area contributed by atoms with Gasteiger partial charge in [-0.25, -0.2) is 4.39 Å². The minimum absolute atomic E-state index is 0.0304. The van der Waals surface area contributed by atoms with E-state index in [4.69, 9.17) is 5.11 Å². The van der Waals surface area contributed by atoms with Gasteiger partial charge in [0.15, 0.2) is 0 Å². The lowest BCUT2D eigenvalue weighted by Crippen LogP contribution is -2.35. The van der Waals surface area contributed by atoms with E-state index in [1.54, 1.807) is 0 Å². The largest absolute Gasteiger partial charge is 0.481 e. The van der Waals surface area contributed by atoms with Gasteiger partial charge >= 0.3 is 5.97 Å². The second-order valence-corrected chi connectivity index (χ2v) is 6.72. The first-order valence-corrected chi connectivity index (χ1v) is 8.80. The summed E-state index contributed by atoms with van der Waals surface area (Å²) in [5.74, 6) is -2.21. The molecule has 0 saturated heterocycles. The number of amides is 2. The van der Waals surface area contributed by atoms with E-state index in [1.807, 2.05) is 17.5 Å². The van der Waals surface area contributed by atoms with Crippen LogP contribution >= 0.6 is 11.3 Å². The first-order chi connectivity index (χ1) is 12.3. The summed E-state index contributed by atoms with van der Waals surface area (Å²) in [6, 6.07) is 7.64. The number of thiophene rings is 1. The van der Waals surface area contributed by atoms with Gasteiger partial charge in [-0.2, -0.15) is 0 Å². The van der Waals surface area contributed by atoms with Crippen LogP contribution in [0.1, 0.15) is 42.3 Å². The third kappa shape index (κ3) is 5.96. The van der Waals surface area contributed by atoms with Gasteiger partial charge in [0, 0.05) is 11.8 Å². The second kappa shape index (κ2) is 9.10. The number of carbonyl (C=O) groups is 3. The average molecular weight is 378 g/mol. The van der Waals surface area contributed by atoms with Crippen LogP contribution in [0.4, 0.5) is 4.39 Å². The number of halogens is 1. The van der Waals surface area contributed by atoms with Crippen molar-refractivity contribution in [1.29, 1.82) is 0 Å². The van der Waals surface area contributed by atoms with Gasteiger partial charge in [-0.05, 0) is 29.1 Å². The fourth-order valence-corrected chi connectivity index (χ4v) is 3.30. The molecule has 1 aromatic heterocycles. The van der Waals surface area contributed by atoms with Crippen LogP contribution in [0.15, 0.2) is 41.8 Å². The molecule has 0 fully saturated rings. The molecule has 0 radical (unpaired) electrons. The van der Waals surface area contributed by atoms with Crippen LogP contribution in [0.2, 0.25) is 0 Å². The van der Waals surface area contributed by atoms with Crippen molar-refractivity contribution in [2.24, 2.45) is 0 Å². The molecule has 2 rings (SSSR count). The van der Waals surface area contributed by atoms with Crippen LogP contribution in [-0.2, 0) is 14.4 Å². The van der Waals surface area contributed by atoms with Crippen molar-refractivity contribution in [3.8, 4) is 0 Å². The number of carboxylic acid groups (broad SMARTS) is 1. The van der Waals surface area contributed by atoms with Gasteiger partial charge in [0.25, 0.3) is 0 Å². The topological polar surface area (TPSA) is 95.5 Å². The van der Waals surface area contributed by atoms with Crippen molar-refractivity contribution in [2.75, 3.05) is 0 Å². The van der Waals surface area contributed by atoms with E-state index in [9.17, 15) is 18.8 Å². The molecule has 6 nitrogen and oxygen atoms in total. The molecule has 0 aliphatic heterocycles. The number of nitrogens with one attached hydrogen (secondary N) is 2. The van der Waals surface area contributed by atoms with E-state index >= 15 is 0 Å². The maximum absolute atomic E-state index is 13.1. The van der Waals surface area contributed by atoms with Gasteiger partial charge in [-0.3, -0.25) is 14.4 Å². The van der Waals surface area contributed by atoms with Crippen LogP contribution < -0.4 is 10.6 Å². The Morgan fingerprint density at radius 1 is 1.08 bits per heavy atom. The Bertz CT molecular complexity index is 762. The lowest BCUT2D eigenvalue weighted by atomic mass is 10.0. The minimum atomic E-state index is -1.09. The maximum atomic E-state index is 13.1. The van der Waals surface area contributed by atoms with E-state index in [0.717, 1.165) is 4.88 Å². The lowest BCUT2D eigenvalue weighted by Gasteiger charge is -2.20. The molecule has 138 valence electrons. The van der Waals surface area contributed by atoms with Crippen LogP contribution in [0, 0.1) is 5.82 Å². The van der Waals surface area contributed by atoms with Gasteiger partial charge in [-0.1, -0.05) is 18.2 Å². The van der Waals surface area contributed by atoms with Crippen LogP contribution in [0.5, 0.6) is 0 Å². The minimum Gasteiger partial charge on any atom is -0.481 e. The van der Waals surface area contributed by atoms with Crippen LogP contribution in [0.3, 0.4) is 0 Å². The highest BCUT2D eigenvalue weighted by Crippen LogP contribution is 2.23. The number of benzene rings is 1. The zero-order valence-electron chi connectivity index (χ0n) is 14.1. The monoisotopic (exact) mass is 378 g/mol. The summed E-state index contributed by atoms with van der Waals surface area (Å²) in [4.78, 5) is 35.8. The summed E-state index contributed by atoms with van der Waals surface area (Å²) in [5.41, 5.74) is 0.495. The smallest absolute Gasteiger partial charge is 0.305 e. The van der Waals surface area contributed by atoms with Crippen LogP contribution in [-0.4, -0.2) is 22.9 Å². The highest BCUT2D eigenvalue weighted by atomic mass is 32.1. The number of rotatable bonds is 8. The van der Waals surface area contributed by atoms with Gasteiger partial charge in [0.1, 0.15) is 5.82 Å². The number of carboxylic acids is 1. The molecule has 2 amide bonds. The molecule has 2 atom stereocenters. The Labute approximate surface area is 154 Å². The van der Waals surface area contributed by atoms with Gasteiger partial charge in [-0.15, -0.1) is 11.3 Å². The van der Waals surface area contributed by atoms with Crippen molar-refractivity contribution in [3.05, 3.63) is 58.0 Å². The molecular weight excluding hydrogens is 359 g/mol. The Kier molecular flexibility index (Phi) is 6.85. The predicted octanol–water partition coefficient (Wildman–Crippen LogP) is 2.79. The summed E-state index contributed by atoms with van der Waals surface area (Å²) >= 11 is 1.41. The molecule has 1 heterocycles. The Balaban J connectivity index is 2.10. The fourth-order valence-electron chi connectivity index (χ4n) is 2.52. The van der Waals surface area contributed by atoms with Crippen molar-refractivity contribution in [2.45, 2.75) is 31.8 Å². The molecule has 0 bridgehead atoms. The molecule has 3 N–H and O–H groups in total. The van der Waals surface area contributed by atoms with E-state index in [0.29, 0.717) is 5.56 Å². The number of carbonyl (C=O) groups excluding carboxylic acids is 2. The fraction of sp³-hybridized carbons (Fsp3) is 0.278. The molecule has 0 spiro atoms. The number of aliphatic carboxylic acids is 1. The molecule has 2 unspecified atom stereocenters. The molecular formula is C18H19FN2O4S. The first-order valence-electron chi connectivity index (χ1n) is 7.92.